The van der Waals surface area contributed by atoms with Crippen LogP contribution in [0.1, 0.15) is 11.1 Å². The Hall–Kier alpha value is -1.95. The van der Waals surface area contributed by atoms with Gasteiger partial charge in [-0.15, -0.1) is 0 Å². The standard InChI is InChI=1S/C20H24N2O2S/c23-25(24,18-12-20-9-5-2-6-10-20)22-16-14-21(15-17-22)13-11-19-7-3-1-4-8-19/h1-10,12,18H,11,13-17H2/p+1/b18-12+. The number of rotatable bonds is 6. The minimum absolute atomic E-state index is 0.589. The van der Waals surface area contributed by atoms with E-state index in [4.69, 9.17) is 0 Å². The predicted molar refractivity (Wildman–Crippen MR) is 102 cm³/mol. The van der Waals surface area contributed by atoms with Crippen LogP contribution in [0.5, 0.6) is 0 Å². The van der Waals surface area contributed by atoms with Gasteiger partial charge in [0.05, 0.1) is 32.7 Å². The van der Waals surface area contributed by atoms with Crippen LogP contribution in [0, 0.1) is 0 Å². The van der Waals surface area contributed by atoms with E-state index < -0.39 is 10.0 Å². The summed E-state index contributed by atoms with van der Waals surface area (Å²) in [5.74, 6) is 0. The topological polar surface area (TPSA) is 41.8 Å². The lowest BCUT2D eigenvalue weighted by atomic mass is 10.1. The van der Waals surface area contributed by atoms with E-state index in [1.807, 2.05) is 36.4 Å². The highest BCUT2D eigenvalue weighted by molar-refractivity contribution is 7.92. The summed E-state index contributed by atoms with van der Waals surface area (Å²) in [6.45, 7) is 3.96. The van der Waals surface area contributed by atoms with E-state index in [1.165, 1.54) is 15.9 Å². The summed E-state index contributed by atoms with van der Waals surface area (Å²) < 4.78 is 26.5. The first kappa shape index (κ1) is 17.9. The van der Waals surface area contributed by atoms with Crippen LogP contribution in [-0.2, 0) is 16.4 Å². The Morgan fingerprint density at radius 1 is 0.920 bits per heavy atom. The first-order valence-corrected chi connectivity index (χ1v) is 10.2. The van der Waals surface area contributed by atoms with Crippen molar-refractivity contribution in [3.05, 3.63) is 77.2 Å². The van der Waals surface area contributed by atoms with Gasteiger partial charge in [-0.3, -0.25) is 0 Å². The van der Waals surface area contributed by atoms with Crippen molar-refractivity contribution in [2.24, 2.45) is 0 Å². The first-order chi connectivity index (χ1) is 12.1. The molecule has 1 fully saturated rings. The van der Waals surface area contributed by atoms with Gasteiger partial charge < -0.3 is 4.90 Å². The van der Waals surface area contributed by atoms with Gasteiger partial charge in [-0.1, -0.05) is 60.7 Å². The van der Waals surface area contributed by atoms with Crippen molar-refractivity contribution in [3.8, 4) is 0 Å². The Morgan fingerprint density at radius 3 is 2.16 bits per heavy atom. The average molecular weight is 357 g/mol. The van der Waals surface area contributed by atoms with Gasteiger partial charge in [0, 0.05) is 11.8 Å². The number of nitrogens with zero attached hydrogens (tertiary/aromatic N) is 1. The zero-order valence-electron chi connectivity index (χ0n) is 14.3. The summed E-state index contributed by atoms with van der Waals surface area (Å²) in [4.78, 5) is 1.47. The van der Waals surface area contributed by atoms with Crippen molar-refractivity contribution in [1.82, 2.24) is 4.31 Å². The van der Waals surface area contributed by atoms with Crippen molar-refractivity contribution in [2.45, 2.75) is 6.42 Å². The maximum atomic E-state index is 12.5. The molecular weight excluding hydrogens is 332 g/mol. The minimum atomic E-state index is -3.33. The smallest absolute Gasteiger partial charge is 0.236 e. The molecule has 0 aliphatic carbocycles. The summed E-state index contributed by atoms with van der Waals surface area (Å²) in [5.41, 5.74) is 2.24. The van der Waals surface area contributed by atoms with Gasteiger partial charge in [0.1, 0.15) is 0 Å². The third kappa shape index (κ3) is 5.26. The van der Waals surface area contributed by atoms with E-state index in [2.05, 4.69) is 24.3 Å². The SMILES string of the molecule is O=S(=O)(/C=C/c1ccccc1)N1CC[NH+](CCc2ccccc2)CC1. The van der Waals surface area contributed by atoms with Gasteiger partial charge in [-0.25, -0.2) is 8.42 Å². The molecule has 0 spiro atoms. The van der Waals surface area contributed by atoms with Crippen molar-refractivity contribution in [3.63, 3.8) is 0 Å². The summed E-state index contributed by atoms with van der Waals surface area (Å²) in [5, 5.41) is 1.33. The molecule has 3 rings (SSSR count). The molecule has 0 saturated carbocycles. The Kier molecular flexibility index (Phi) is 6.02. The van der Waals surface area contributed by atoms with Gasteiger partial charge in [0.15, 0.2) is 0 Å². The molecule has 1 heterocycles. The Balaban J connectivity index is 1.50. The quantitative estimate of drug-likeness (QED) is 0.850. The molecule has 0 bridgehead atoms. The van der Waals surface area contributed by atoms with Crippen LogP contribution >= 0.6 is 0 Å². The number of piperazine rings is 1. The second-order valence-electron chi connectivity index (χ2n) is 6.39. The lowest BCUT2D eigenvalue weighted by Gasteiger charge is -2.30. The van der Waals surface area contributed by atoms with E-state index in [1.54, 1.807) is 10.4 Å². The van der Waals surface area contributed by atoms with E-state index in [0.29, 0.717) is 13.1 Å². The monoisotopic (exact) mass is 357 g/mol. The number of hydrogen-bond acceptors (Lipinski definition) is 2. The molecule has 2 aromatic carbocycles. The Morgan fingerprint density at radius 2 is 1.52 bits per heavy atom. The molecule has 1 aliphatic rings. The minimum Gasteiger partial charge on any atom is -0.332 e. The van der Waals surface area contributed by atoms with Crippen molar-refractivity contribution in [2.75, 3.05) is 32.7 Å². The molecule has 0 atom stereocenters. The molecule has 0 unspecified atom stereocenters. The van der Waals surface area contributed by atoms with Gasteiger partial charge in [0.2, 0.25) is 10.0 Å². The van der Waals surface area contributed by atoms with Crippen LogP contribution in [0.2, 0.25) is 0 Å². The first-order valence-electron chi connectivity index (χ1n) is 8.74. The number of sulfonamides is 1. The summed E-state index contributed by atoms with van der Waals surface area (Å²) in [6.07, 6.45) is 2.71. The van der Waals surface area contributed by atoms with Crippen molar-refractivity contribution < 1.29 is 13.3 Å². The van der Waals surface area contributed by atoms with Gasteiger partial charge >= 0.3 is 0 Å². The van der Waals surface area contributed by atoms with Crippen molar-refractivity contribution >= 4 is 16.1 Å². The van der Waals surface area contributed by atoms with Crippen molar-refractivity contribution in [1.29, 1.82) is 0 Å². The molecule has 2 aromatic rings. The van der Waals surface area contributed by atoms with Crippen LogP contribution in [0.15, 0.2) is 66.1 Å². The summed E-state index contributed by atoms with van der Waals surface area (Å²) in [7, 11) is -3.33. The second-order valence-corrected chi connectivity index (χ2v) is 8.21. The predicted octanol–water partition coefficient (Wildman–Crippen LogP) is 1.43. The molecule has 0 radical (unpaired) electrons. The third-order valence-electron chi connectivity index (χ3n) is 4.63. The molecule has 4 nitrogen and oxygen atoms in total. The molecule has 0 aromatic heterocycles. The number of benzene rings is 2. The van der Waals surface area contributed by atoms with Crippen LogP contribution in [0.4, 0.5) is 0 Å². The largest absolute Gasteiger partial charge is 0.332 e. The average Bonchev–Trinajstić information content (AvgIpc) is 2.67. The number of nitrogens with one attached hydrogen (secondary N) is 1. The molecular formula is C20H25N2O2S+. The van der Waals surface area contributed by atoms with Gasteiger partial charge in [-0.05, 0) is 17.2 Å². The molecule has 1 aliphatic heterocycles. The molecule has 5 heteroatoms. The molecule has 1 saturated heterocycles. The maximum absolute atomic E-state index is 12.5. The maximum Gasteiger partial charge on any atom is 0.236 e. The van der Waals surface area contributed by atoms with E-state index >= 15 is 0 Å². The fourth-order valence-corrected chi connectivity index (χ4v) is 4.28. The van der Waals surface area contributed by atoms with Gasteiger partial charge in [-0.2, -0.15) is 4.31 Å². The van der Waals surface area contributed by atoms with E-state index in [-0.39, 0.29) is 0 Å². The zero-order chi connectivity index (χ0) is 17.5. The van der Waals surface area contributed by atoms with E-state index in [0.717, 1.165) is 31.6 Å². The highest BCUT2D eigenvalue weighted by atomic mass is 32.2. The van der Waals surface area contributed by atoms with E-state index in [9.17, 15) is 8.42 Å². The second kappa shape index (κ2) is 8.43. The highest BCUT2D eigenvalue weighted by Gasteiger charge is 2.27. The fourth-order valence-electron chi connectivity index (χ4n) is 3.09. The lowest BCUT2D eigenvalue weighted by Crippen LogP contribution is -3.15. The Bertz CT molecular complexity index is 781. The Labute approximate surface area is 150 Å². The fraction of sp³-hybridized carbons (Fsp3) is 0.300. The van der Waals surface area contributed by atoms with Crippen LogP contribution in [0.25, 0.3) is 6.08 Å². The normalized spacial score (nSPS) is 17.1. The molecule has 1 N–H and O–H groups in total. The summed E-state index contributed by atoms with van der Waals surface area (Å²) in [6, 6.07) is 20.0. The third-order valence-corrected chi connectivity index (χ3v) is 6.20. The lowest BCUT2D eigenvalue weighted by molar-refractivity contribution is -0.903. The number of hydrogen-bond donors (Lipinski definition) is 1. The molecule has 25 heavy (non-hydrogen) atoms. The highest BCUT2D eigenvalue weighted by Crippen LogP contribution is 2.08. The van der Waals surface area contributed by atoms with Crippen LogP contribution in [-0.4, -0.2) is 45.4 Å². The van der Waals surface area contributed by atoms with Gasteiger partial charge in [0.25, 0.3) is 0 Å². The number of quaternary nitrogens is 1. The van der Waals surface area contributed by atoms with Crippen LogP contribution < -0.4 is 4.90 Å². The van der Waals surface area contributed by atoms with Crippen LogP contribution in [0.3, 0.4) is 0 Å². The molecule has 132 valence electrons. The summed E-state index contributed by atoms with van der Waals surface area (Å²) >= 11 is 0. The molecule has 0 amide bonds. The zero-order valence-corrected chi connectivity index (χ0v) is 15.2.